The highest BCUT2D eigenvalue weighted by Gasteiger charge is 2.19. The van der Waals surface area contributed by atoms with Crippen LogP contribution in [0, 0.1) is 0 Å². The lowest BCUT2D eigenvalue weighted by atomic mass is 9.96. The standard InChI is InChI=1S/C24H46O2/c25-22-16-10-5-1-3-7-12-18-23(26-24-20-14-9-15-21-24)19-13-8-4-2-6-11-17-22/h22-25H,1-21H2. The van der Waals surface area contributed by atoms with Gasteiger partial charge < -0.3 is 9.84 Å². The van der Waals surface area contributed by atoms with Crippen molar-refractivity contribution in [3.05, 3.63) is 0 Å². The molecule has 2 rings (SSSR count). The second kappa shape index (κ2) is 14.9. The molecule has 0 amide bonds. The number of ether oxygens (including phenoxy) is 1. The quantitative estimate of drug-likeness (QED) is 0.554. The van der Waals surface area contributed by atoms with Gasteiger partial charge in [0.25, 0.3) is 0 Å². The number of aliphatic hydroxyl groups is 1. The summed E-state index contributed by atoms with van der Waals surface area (Å²) >= 11 is 0. The van der Waals surface area contributed by atoms with Gasteiger partial charge in [0.1, 0.15) is 0 Å². The Bertz CT molecular complexity index is 291. The van der Waals surface area contributed by atoms with E-state index in [0.717, 1.165) is 12.8 Å². The van der Waals surface area contributed by atoms with E-state index in [-0.39, 0.29) is 6.10 Å². The maximum absolute atomic E-state index is 10.1. The summed E-state index contributed by atoms with van der Waals surface area (Å²) in [6, 6.07) is 0. The number of rotatable bonds is 2. The van der Waals surface area contributed by atoms with Gasteiger partial charge in [-0.2, -0.15) is 0 Å². The summed E-state index contributed by atoms with van der Waals surface area (Å²) in [7, 11) is 0. The van der Waals surface area contributed by atoms with Crippen LogP contribution in [0.1, 0.15) is 135 Å². The molecule has 0 heterocycles. The Labute approximate surface area is 163 Å². The molecule has 0 spiro atoms. The van der Waals surface area contributed by atoms with E-state index >= 15 is 0 Å². The van der Waals surface area contributed by atoms with Crippen molar-refractivity contribution in [2.75, 3.05) is 0 Å². The minimum Gasteiger partial charge on any atom is -0.393 e. The van der Waals surface area contributed by atoms with Gasteiger partial charge in [-0.05, 0) is 38.5 Å². The molecule has 26 heavy (non-hydrogen) atoms. The first-order valence-electron chi connectivity index (χ1n) is 12.2. The van der Waals surface area contributed by atoms with Gasteiger partial charge in [0, 0.05) is 0 Å². The van der Waals surface area contributed by atoms with Crippen LogP contribution in [0.2, 0.25) is 0 Å². The molecule has 0 aliphatic heterocycles. The number of hydrogen-bond donors (Lipinski definition) is 1. The van der Waals surface area contributed by atoms with E-state index in [4.69, 9.17) is 4.74 Å². The third-order valence-electron chi connectivity index (χ3n) is 6.56. The fourth-order valence-electron chi connectivity index (χ4n) is 4.82. The Morgan fingerprint density at radius 1 is 0.385 bits per heavy atom. The lowest BCUT2D eigenvalue weighted by Crippen LogP contribution is -2.24. The molecule has 0 radical (unpaired) electrons. The summed E-state index contributed by atoms with van der Waals surface area (Å²) in [4.78, 5) is 0. The molecule has 0 aromatic rings. The third kappa shape index (κ3) is 10.9. The van der Waals surface area contributed by atoms with E-state index in [1.807, 2.05) is 0 Å². The first kappa shape index (κ1) is 22.2. The molecule has 2 nitrogen and oxygen atoms in total. The molecular formula is C24H46O2. The molecule has 2 heteroatoms. The molecule has 2 fully saturated rings. The van der Waals surface area contributed by atoms with E-state index in [1.165, 1.54) is 122 Å². The number of aliphatic hydroxyl groups excluding tert-OH is 1. The van der Waals surface area contributed by atoms with Crippen molar-refractivity contribution >= 4 is 0 Å². The van der Waals surface area contributed by atoms with E-state index < -0.39 is 0 Å². The Hall–Kier alpha value is -0.0800. The van der Waals surface area contributed by atoms with E-state index in [0.29, 0.717) is 12.2 Å². The van der Waals surface area contributed by atoms with Crippen LogP contribution < -0.4 is 0 Å². The van der Waals surface area contributed by atoms with Crippen LogP contribution in [0.15, 0.2) is 0 Å². The molecule has 2 saturated carbocycles. The summed E-state index contributed by atoms with van der Waals surface area (Å²) in [5, 5.41) is 10.1. The highest BCUT2D eigenvalue weighted by molar-refractivity contribution is 4.69. The van der Waals surface area contributed by atoms with Gasteiger partial charge in [-0.3, -0.25) is 0 Å². The molecule has 154 valence electrons. The van der Waals surface area contributed by atoms with Crippen LogP contribution in [-0.2, 0) is 4.74 Å². The van der Waals surface area contributed by atoms with E-state index in [1.54, 1.807) is 0 Å². The smallest absolute Gasteiger partial charge is 0.0578 e. The van der Waals surface area contributed by atoms with Gasteiger partial charge in [-0.1, -0.05) is 96.3 Å². The number of hydrogen-bond acceptors (Lipinski definition) is 2. The van der Waals surface area contributed by atoms with E-state index in [9.17, 15) is 5.11 Å². The highest BCUT2D eigenvalue weighted by Crippen LogP contribution is 2.25. The summed E-state index contributed by atoms with van der Waals surface area (Å²) in [6.07, 6.45) is 28.4. The van der Waals surface area contributed by atoms with Gasteiger partial charge >= 0.3 is 0 Å². The molecule has 0 unspecified atom stereocenters. The average Bonchev–Trinajstić information content (AvgIpc) is 2.65. The monoisotopic (exact) mass is 366 g/mol. The SMILES string of the molecule is OC1CCCCCCCCC(OC2CCCCC2)CCCCCCCC1. The zero-order valence-corrected chi connectivity index (χ0v) is 17.4. The Morgan fingerprint density at radius 2 is 0.654 bits per heavy atom. The summed E-state index contributed by atoms with van der Waals surface area (Å²) in [5.41, 5.74) is 0. The molecule has 0 saturated heterocycles. The fraction of sp³-hybridized carbons (Fsp3) is 1.00. The maximum atomic E-state index is 10.1. The van der Waals surface area contributed by atoms with Crippen molar-refractivity contribution in [1.82, 2.24) is 0 Å². The molecule has 0 bridgehead atoms. The zero-order chi connectivity index (χ0) is 18.3. The van der Waals surface area contributed by atoms with Crippen LogP contribution in [0.5, 0.6) is 0 Å². The predicted octanol–water partition coefficient (Wildman–Crippen LogP) is 7.32. The van der Waals surface area contributed by atoms with Crippen molar-refractivity contribution in [3.8, 4) is 0 Å². The summed E-state index contributed by atoms with van der Waals surface area (Å²) in [5.74, 6) is 0. The summed E-state index contributed by atoms with van der Waals surface area (Å²) < 4.78 is 6.56. The van der Waals surface area contributed by atoms with Crippen LogP contribution in [0.3, 0.4) is 0 Å². The van der Waals surface area contributed by atoms with Crippen LogP contribution in [0.25, 0.3) is 0 Å². The Balaban J connectivity index is 1.69. The second-order valence-corrected chi connectivity index (χ2v) is 9.07. The van der Waals surface area contributed by atoms with Gasteiger partial charge in [0.2, 0.25) is 0 Å². The van der Waals surface area contributed by atoms with Gasteiger partial charge in [-0.15, -0.1) is 0 Å². The molecule has 1 N–H and O–H groups in total. The molecular weight excluding hydrogens is 320 g/mol. The lowest BCUT2D eigenvalue weighted by Gasteiger charge is -2.28. The fourth-order valence-corrected chi connectivity index (χ4v) is 4.82. The first-order valence-corrected chi connectivity index (χ1v) is 12.2. The Morgan fingerprint density at radius 3 is 1.04 bits per heavy atom. The minimum atomic E-state index is -0.0356. The third-order valence-corrected chi connectivity index (χ3v) is 6.56. The lowest BCUT2D eigenvalue weighted by molar-refractivity contribution is -0.0389. The minimum absolute atomic E-state index is 0.0356. The summed E-state index contributed by atoms with van der Waals surface area (Å²) in [6.45, 7) is 0. The molecule has 0 aromatic carbocycles. The Kier molecular flexibility index (Phi) is 12.7. The van der Waals surface area contributed by atoms with Crippen molar-refractivity contribution in [3.63, 3.8) is 0 Å². The topological polar surface area (TPSA) is 29.5 Å². The van der Waals surface area contributed by atoms with Gasteiger partial charge in [0.15, 0.2) is 0 Å². The zero-order valence-electron chi connectivity index (χ0n) is 17.4. The van der Waals surface area contributed by atoms with Gasteiger partial charge in [0.05, 0.1) is 18.3 Å². The second-order valence-electron chi connectivity index (χ2n) is 9.07. The average molecular weight is 367 g/mol. The highest BCUT2D eigenvalue weighted by atomic mass is 16.5. The first-order chi connectivity index (χ1) is 12.8. The molecule has 2 aliphatic rings. The van der Waals surface area contributed by atoms with Crippen molar-refractivity contribution in [1.29, 1.82) is 0 Å². The van der Waals surface area contributed by atoms with Crippen LogP contribution in [-0.4, -0.2) is 23.4 Å². The molecule has 0 aromatic heterocycles. The maximum Gasteiger partial charge on any atom is 0.0578 e. The van der Waals surface area contributed by atoms with Gasteiger partial charge in [-0.25, -0.2) is 0 Å². The van der Waals surface area contributed by atoms with Crippen LogP contribution in [0.4, 0.5) is 0 Å². The van der Waals surface area contributed by atoms with Crippen LogP contribution >= 0.6 is 0 Å². The largest absolute Gasteiger partial charge is 0.393 e. The van der Waals surface area contributed by atoms with Crippen molar-refractivity contribution in [2.24, 2.45) is 0 Å². The van der Waals surface area contributed by atoms with E-state index in [2.05, 4.69) is 0 Å². The molecule has 2 aliphatic carbocycles. The molecule has 0 atom stereocenters. The van der Waals surface area contributed by atoms with Crippen molar-refractivity contribution in [2.45, 2.75) is 153 Å². The van der Waals surface area contributed by atoms with Crippen molar-refractivity contribution < 1.29 is 9.84 Å². The normalized spacial score (nSPS) is 30.3. The predicted molar refractivity (Wildman–Crippen MR) is 112 cm³/mol.